The lowest BCUT2D eigenvalue weighted by molar-refractivity contribution is -0.00833. The van der Waals surface area contributed by atoms with Crippen molar-refractivity contribution < 1.29 is 13.5 Å². The van der Waals surface area contributed by atoms with Crippen LogP contribution >= 0.6 is 0 Å². The van der Waals surface area contributed by atoms with Gasteiger partial charge >= 0.3 is 0 Å². The Bertz CT molecular complexity index is 586. The molecule has 2 rings (SSSR count). The number of nitrogens with zero attached hydrogens (tertiary/aromatic N) is 2. The monoisotopic (exact) mass is 354 g/mol. The third-order valence-electron chi connectivity index (χ3n) is 4.48. The molecular weight excluding hydrogens is 326 g/mol. The Hall–Kier alpha value is -1.73. The van der Waals surface area contributed by atoms with Gasteiger partial charge in [0.1, 0.15) is 11.6 Å². The van der Waals surface area contributed by atoms with Gasteiger partial charge in [-0.05, 0) is 31.9 Å². The molecule has 0 unspecified atom stereocenters. The first-order valence-electron chi connectivity index (χ1n) is 8.63. The van der Waals surface area contributed by atoms with E-state index in [0.29, 0.717) is 24.5 Å². The summed E-state index contributed by atoms with van der Waals surface area (Å²) in [6.45, 7) is 8.99. The predicted molar refractivity (Wildman–Crippen MR) is 95.9 cm³/mol. The van der Waals surface area contributed by atoms with Crippen LogP contribution in [0.1, 0.15) is 19.4 Å². The average molecular weight is 354 g/mol. The minimum Gasteiger partial charge on any atom is -0.379 e. The average Bonchev–Trinajstić information content (AvgIpc) is 2.60. The third kappa shape index (κ3) is 5.93. The molecule has 25 heavy (non-hydrogen) atoms. The van der Waals surface area contributed by atoms with Crippen molar-refractivity contribution in [2.45, 2.75) is 25.8 Å². The quantitative estimate of drug-likeness (QED) is 0.604. The van der Waals surface area contributed by atoms with Gasteiger partial charge in [-0.2, -0.15) is 0 Å². The molecule has 0 atom stereocenters. The van der Waals surface area contributed by atoms with E-state index in [2.05, 4.69) is 34.4 Å². The highest BCUT2D eigenvalue weighted by Crippen LogP contribution is 2.15. The molecule has 140 valence electrons. The van der Waals surface area contributed by atoms with Crippen molar-refractivity contribution in [2.75, 3.05) is 46.4 Å². The second kappa shape index (κ2) is 9.10. The first-order valence-corrected chi connectivity index (χ1v) is 8.63. The molecule has 1 aliphatic rings. The first kappa shape index (κ1) is 19.6. The second-order valence-corrected chi connectivity index (χ2v) is 6.75. The van der Waals surface area contributed by atoms with Gasteiger partial charge in [0.2, 0.25) is 0 Å². The standard InChI is InChI=1S/C18H28F2N4O/c1-18(2,24-8-10-25-11-9-24)13-23-17(21-3)22-7-6-14-4-5-15(19)12-16(14)20/h4-5,12H,6-11,13H2,1-3H3,(H2,21,22,23). The summed E-state index contributed by atoms with van der Waals surface area (Å²) >= 11 is 0. The molecule has 0 spiro atoms. The number of hydrogen-bond acceptors (Lipinski definition) is 3. The predicted octanol–water partition coefficient (Wildman–Crippen LogP) is 1.78. The fourth-order valence-electron chi connectivity index (χ4n) is 2.84. The van der Waals surface area contributed by atoms with E-state index in [4.69, 9.17) is 4.74 Å². The lowest BCUT2D eigenvalue weighted by Crippen LogP contribution is -2.56. The number of ether oxygens (including phenoxy) is 1. The number of rotatable bonds is 6. The fraction of sp³-hybridized carbons (Fsp3) is 0.611. The van der Waals surface area contributed by atoms with Crippen LogP contribution in [-0.2, 0) is 11.2 Å². The molecule has 0 aromatic heterocycles. The molecule has 0 aliphatic carbocycles. The topological polar surface area (TPSA) is 48.9 Å². The zero-order chi connectivity index (χ0) is 18.3. The normalized spacial score (nSPS) is 16.8. The van der Waals surface area contributed by atoms with Crippen LogP contribution in [0.5, 0.6) is 0 Å². The van der Waals surface area contributed by atoms with Crippen molar-refractivity contribution in [3.63, 3.8) is 0 Å². The lowest BCUT2D eigenvalue weighted by Gasteiger charge is -2.41. The van der Waals surface area contributed by atoms with Crippen molar-refractivity contribution in [3.8, 4) is 0 Å². The fourth-order valence-corrected chi connectivity index (χ4v) is 2.84. The van der Waals surface area contributed by atoms with Crippen LogP contribution in [0.2, 0.25) is 0 Å². The lowest BCUT2D eigenvalue weighted by atomic mass is 10.0. The van der Waals surface area contributed by atoms with Crippen molar-refractivity contribution in [1.82, 2.24) is 15.5 Å². The van der Waals surface area contributed by atoms with Gasteiger partial charge in [0, 0.05) is 44.8 Å². The van der Waals surface area contributed by atoms with Gasteiger partial charge < -0.3 is 15.4 Å². The van der Waals surface area contributed by atoms with E-state index in [1.54, 1.807) is 7.05 Å². The zero-order valence-corrected chi connectivity index (χ0v) is 15.2. The Morgan fingerprint density at radius 2 is 1.96 bits per heavy atom. The summed E-state index contributed by atoms with van der Waals surface area (Å²) in [4.78, 5) is 6.59. The largest absolute Gasteiger partial charge is 0.379 e. The van der Waals surface area contributed by atoms with Gasteiger partial charge in [-0.1, -0.05) is 6.07 Å². The summed E-state index contributed by atoms with van der Waals surface area (Å²) in [6.07, 6.45) is 0.458. The maximum absolute atomic E-state index is 13.6. The van der Waals surface area contributed by atoms with Gasteiger partial charge in [0.15, 0.2) is 5.96 Å². The molecule has 1 saturated heterocycles. The van der Waals surface area contributed by atoms with Gasteiger partial charge in [-0.3, -0.25) is 9.89 Å². The maximum Gasteiger partial charge on any atom is 0.191 e. The molecule has 7 heteroatoms. The number of guanidine groups is 1. The molecule has 1 aromatic carbocycles. The summed E-state index contributed by atoms with van der Waals surface area (Å²) in [6, 6.07) is 3.66. The second-order valence-electron chi connectivity index (χ2n) is 6.75. The number of benzene rings is 1. The Morgan fingerprint density at radius 1 is 1.24 bits per heavy atom. The van der Waals surface area contributed by atoms with Crippen LogP contribution in [0, 0.1) is 11.6 Å². The summed E-state index contributed by atoms with van der Waals surface area (Å²) < 4.78 is 32.0. The van der Waals surface area contributed by atoms with E-state index in [1.165, 1.54) is 12.1 Å². The molecule has 5 nitrogen and oxygen atoms in total. The van der Waals surface area contributed by atoms with E-state index in [-0.39, 0.29) is 5.54 Å². The van der Waals surface area contributed by atoms with E-state index in [9.17, 15) is 8.78 Å². The number of hydrogen-bond donors (Lipinski definition) is 2. The summed E-state index contributed by atoms with van der Waals surface area (Å²) in [5, 5.41) is 6.49. The van der Waals surface area contributed by atoms with E-state index in [1.807, 2.05) is 0 Å². The Balaban J connectivity index is 1.78. The highest BCUT2D eigenvalue weighted by Gasteiger charge is 2.28. The number of nitrogens with one attached hydrogen (secondary N) is 2. The smallest absolute Gasteiger partial charge is 0.191 e. The molecule has 1 fully saturated rings. The van der Waals surface area contributed by atoms with Crippen LogP contribution in [0.25, 0.3) is 0 Å². The summed E-state index contributed by atoms with van der Waals surface area (Å²) in [7, 11) is 1.70. The zero-order valence-electron chi connectivity index (χ0n) is 15.2. The van der Waals surface area contributed by atoms with E-state index < -0.39 is 11.6 Å². The minimum absolute atomic E-state index is 0.0233. The SMILES string of the molecule is CN=C(NCCc1ccc(F)cc1F)NCC(C)(C)N1CCOCC1. The van der Waals surface area contributed by atoms with Crippen LogP contribution in [0.15, 0.2) is 23.2 Å². The summed E-state index contributed by atoms with van der Waals surface area (Å²) in [5.74, 6) is -0.404. The number of aliphatic imine (C=N–C) groups is 1. The van der Waals surface area contributed by atoms with Crippen LogP contribution in [-0.4, -0.2) is 62.8 Å². The van der Waals surface area contributed by atoms with Crippen LogP contribution in [0.4, 0.5) is 8.78 Å². The molecular formula is C18H28F2N4O. The highest BCUT2D eigenvalue weighted by molar-refractivity contribution is 5.79. The molecule has 0 radical (unpaired) electrons. The van der Waals surface area contributed by atoms with E-state index in [0.717, 1.165) is 38.9 Å². The Morgan fingerprint density at radius 3 is 2.60 bits per heavy atom. The third-order valence-corrected chi connectivity index (χ3v) is 4.48. The Kier molecular flexibility index (Phi) is 7.13. The van der Waals surface area contributed by atoms with Gasteiger partial charge in [0.05, 0.1) is 13.2 Å². The molecule has 1 heterocycles. The minimum atomic E-state index is -0.558. The van der Waals surface area contributed by atoms with Gasteiger partial charge in [-0.15, -0.1) is 0 Å². The molecule has 1 aromatic rings. The van der Waals surface area contributed by atoms with Crippen LogP contribution < -0.4 is 10.6 Å². The molecule has 1 aliphatic heterocycles. The molecule has 2 N–H and O–H groups in total. The molecule has 0 saturated carbocycles. The maximum atomic E-state index is 13.6. The number of halogens is 2. The molecule has 0 bridgehead atoms. The van der Waals surface area contributed by atoms with Crippen molar-refractivity contribution in [1.29, 1.82) is 0 Å². The van der Waals surface area contributed by atoms with Crippen molar-refractivity contribution in [2.24, 2.45) is 4.99 Å². The number of morpholine rings is 1. The highest BCUT2D eigenvalue weighted by atomic mass is 19.1. The van der Waals surface area contributed by atoms with Crippen LogP contribution in [0.3, 0.4) is 0 Å². The summed E-state index contributed by atoms with van der Waals surface area (Å²) in [5.41, 5.74) is 0.461. The molecule has 0 amide bonds. The Labute approximate surface area is 148 Å². The first-order chi connectivity index (χ1) is 11.9. The van der Waals surface area contributed by atoms with Crippen molar-refractivity contribution in [3.05, 3.63) is 35.4 Å². The van der Waals surface area contributed by atoms with Crippen molar-refractivity contribution >= 4 is 5.96 Å². The van der Waals surface area contributed by atoms with Gasteiger partial charge in [0.25, 0.3) is 0 Å². The van der Waals surface area contributed by atoms with Gasteiger partial charge in [-0.25, -0.2) is 8.78 Å². The van der Waals surface area contributed by atoms with E-state index >= 15 is 0 Å².